The van der Waals surface area contributed by atoms with Crippen molar-refractivity contribution in [2.75, 3.05) is 0 Å². The van der Waals surface area contributed by atoms with Crippen molar-refractivity contribution in [1.29, 1.82) is 0 Å². The van der Waals surface area contributed by atoms with Crippen LogP contribution >= 0.6 is 15.9 Å². The Bertz CT molecular complexity index is 400. The molecule has 0 aromatic heterocycles. The zero-order chi connectivity index (χ0) is 11.6. The predicted octanol–water partition coefficient (Wildman–Crippen LogP) is 2.90. The van der Waals surface area contributed by atoms with Gasteiger partial charge < -0.3 is 5.84 Å². The van der Waals surface area contributed by atoms with Gasteiger partial charge >= 0.3 is 6.18 Å². The Morgan fingerprint density at radius 1 is 1.33 bits per heavy atom. The minimum absolute atomic E-state index is 0.155. The largest absolute Gasteiger partial charge is 0.419 e. The van der Waals surface area contributed by atoms with Gasteiger partial charge in [0.25, 0.3) is 0 Å². The summed E-state index contributed by atoms with van der Waals surface area (Å²) in [4.78, 5) is 0. The molecule has 15 heavy (non-hydrogen) atoms. The zero-order valence-corrected chi connectivity index (χ0v) is 8.73. The number of nitrogens with zero attached hydrogens (tertiary/aromatic N) is 1. The lowest BCUT2D eigenvalue weighted by molar-refractivity contribution is -0.140. The molecule has 0 amide bonds. The van der Waals surface area contributed by atoms with Crippen LogP contribution in [0.4, 0.5) is 17.6 Å². The number of rotatable bonds is 1. The van der Waals surface area contributed by atoms with Gasteiger partial charge in [0.1, 0.15) is 5.82 Å². The van der Waals surface area contributed by atoms with Crippen molar-refractivity contribution in [3.05, 3.63) is 33.5 Å². The highest BCUT2D eigenvalue weighted by Gasteiger charge is 2.35. The molecule has 0 aliphatic rings. The van der Waals surface area contributed by atoms with Crippen LogP contribution < -0.4 is 5.84 Å². The average Bonchev–Trinajstić information content (AvgIpc) is 2.09. The van der Waals surface area contributed by atoms with Gasteiger partial charge in [0.2, 0.25) is 0 Å². The fourth-order valence-corrected chi connectivity index (χ4v) is 1.39. The van der Waals surface area contributed by atoms with Gasteiger partial charge in [-0.15, -0.1) is 0 Å². The van der Waals surface area contributed by atoms with Crippen molar-refractivity contribution >= 4 is 22.1 Å². The fraction of sp³-hybridized carbons (Fsp3) is 0.125. The summed E-state index contributed by atoms with van der Waals surface area (Å²) in [6.07, 6.45) is -3.92. The fourth-order valence-electron chi connectivity index (χ4n) is 0.981. The first-order valence-corrected chi connectivity index (χ1v) is 4.45. The van der Waals surface area contributed by atoms with E-state index >= 15 is 0 Å². The summed E-state index contributed by atoms with van der Waals surface area (Å²) in [6.45, 7) is 0. The summed E-state index contributed by atoms with van der Waals surface area (Å²) >= 11 is 2.89. The third-order valence-electron chi connectivity index (χ3n) is 1.64. The van der Waals surface area contributed by atoms with Crippen LogP contribution in [0.15, 0.2) is 21.7 Å². The number of alkyl halides is 3. The van der Waals surface area contributed by atoms with Crippen molar-refractivity contribution in [1.82, 2.24) is 0 Å². The summed E-state index contributed by atoms with van der Waals surface area (Å²) in [7, 11) is 0. The van der Waals surface area contributed by atoms with Crippen LogP contribution in [0.25, 0.3) is 0 Å². The van der Waals surface area contributed by atoms with E-state index < -0.39 is 17.6 Å². The summed E-state index contributed by atoms with van der Waals surface area (Å²) in [5.41, 5.74) is -1.67. The Balaban J connectivity index is 3.41. The van der Waals surface area contributed by atoms with E-state index in [0.29, 0.717) is 6.07 Å². The van der Waals surface area contributed by atoms with Gasteiger partial charge in [0, 0.05) is 10.0 Å². The molecule has 0 radical (unpaired) electrons. The van der Waals surface area contributed by atoms with Gasteiger partial charge in [-0.1, -0.05) is 15.9 Å². The quantitative estimate of drug-likeness (QED) is 0.366. The molecule has 0 saturated carbocycles. The molecule has 0 saturated heterocycles. The summed E-state index contributed by atoms with van der Waals surface area (Å²) in [5.74, 6) is 3.36. The lowest BCUT2D eigenvalue weighted by Crippen LogP contribution is -2.10. The van der Waals surface area contributed by atoms with E-state index in [1.165, 1.54) is 0 Å². The van der Waals surface area contributed by atoms with Crippen LogP contribution in [-0.2, 0) is 6.18 Å². The molecule has 0 atom stereocenters. The molecule has 0 bridgehead atoms. The Hall–Kier alpha value is -1.11. The molecule has 0 heterocycles. The number of halogens is 5. The van der Waals surface area contributed by atoms with Gasteiger partial charge in [0.05, 0.1) is 11.8 Å². The van der Waals surface area contributed by atoms with E-state index in [2.05, 4.69) is 21.0 Å². The minimum Gasteiger partial charge on any atom is -0.323 e. The van der Waals surface area contributed by atoms with Crippen LogP contribution in [-0.4, -0.2) is 6.21 Å². The molecule has 0 unspecified atom stereocenters. The molecular weight excluding hydrogens is 280 g/mol. The summed E-state index contributed by atoms with van der Waals surface area (Å²) < 4.78 is 50.3. The molecule has 1 rings (SSSR count). The van der Waals surface area contributed by atoms with Crippen LogP contribution in [0, 0.1) is 5.82 Å². The molecule has 2 nitrogen and oxygen atoms in total. The molecule has 7 heteroatoms. The number of hydrazone groups is 1. The van der Waals surface area contributed by atoms with E-state index in [9.17, 15) is 17.6 Å². The van der Waals surface area contributed by atoms with E-state index in [1.54, 1.807) is 0 Å². The standard InChI is InChI=1S/C8H5BrF4N2/c9-6-2-1-5(8(11,12)13)7(10)4(6)3-15-14/h1-3H,14H2. The van der Waals surface area contributed by atoms with Gasteiger partial charge in [-0.2, -0.15) is 18.3 Å². The molecular formula is C8H5BrF4N2. The Labute approximate surface area is 90.9 Å². The smallest absolute Gasteiger partial charge is 0.323 e. The molecule has 1 aromatic rings. The lowest BCUT2D eigenvalue weighted by Gasteiger charge is -2.10. The summed E-state index contributed by atoms with van der Waals surface area (Å²) in [6, 6.07) is 1.73. The maximum absolute atomic E-state index is 13.3. The average molecular weight is 285 g/mol. The minimum atomic E-state index is -4.73. The first-order chi connectivity index (χ1) is 6.88. The van der Waals surface area contributed by atoms with Crippen molar-refractivity contribution in [2.45, 2.75) is 6.18 Å². The molecule has 82 valence electrons. The van der Waals surface area contributed by atoms with Gasteiger partial charge in [-0.25, -0.2) is 4.39 Å². The van der Waals surface area contributed by atoms with Crippen LogP contribution in [0.2, 0.25) is 0 Å². The van der Waals surface area contributed by atoms with E-state index in [-0.39, 0.29) is 10.0 Å². The van der Waals surface area contributed by atoms with Crippen LogP contribution in [0.3, 0.4) is 0 Å². The van der Waals surface area contributed by atoms with Crippen molar-refractivity contribution in [3.63, 3.8) is 0 Å². The third-order valence-corrected chi connectivity index (χ3v) is 2.33. The Morgan fingerprint density at radius 3 is 2.40 bits per heavy atom. The number of hydrogen-bond donors (Lipinski definition) is 1. The molecule has 2 N–H and O–H groups in total. The highest BCUT2D eigenvalue weighted by molar-refractivity contribution is 9.10. The molecule has 1 aromatic carbocycles. The second kappa shape index (κ2) is 4.18. The van der Waals surface area contributed by atoms with Crippen molar-refractivity contribution < 1.29 is 17.6 Å². The predicted molar refractivity (Wildman–Crippen MR) is 50.9 cm³/mol. The molecule has 0 aliphatic carbocycles. The molecule has 0 fully saturated rings. The lowest BCUT2D eigenvalue weighted by atomic mass is 10.1. The third kappa shape index (κ3) is 2.47. The van der Waals surface area contributed by atoms with Gasteiger partial charge in [-0.05, 0) is 12.1 Å². The second-order valence-corrected chi connectivity index (χ2v) is 3.45. The van der Waals surface area contributed by atoms with E-state index in [1.807, 2.05) is 0 Å². The van der Waals surface area contributed by atoms with Crippen molar-refractivity contribution in [3.8, 4) is 0 Å². The zero-order valence-electron chi connectivity index (χ0n) is 7.15. The van der Waals surface area contributed by atoms with Gasteiger partial charge in [-0.3, -0.25) is 0 Å². The van der Waals surface area contributed by atoms with Crippen LogP contribution in [0.1, 0.15) is 11.1 Å². The summed E-state index contributed by atoms with van der Waals surface area (Å²) in [5, 5.41) is 2.99. The topological polar surface area (TPSA) is 38.4 Å². The molecule has 0 spiro atoms. The maximum Gasteiger partial charge on any atom is 0.419 e. The number of nitrogens with two attached hydrogens (primary N) is 1. The normalized spacial score (nSPS) is 12.3. The number of hydrogen-bond acceptors (Lipinski definition) is 2. The highest BCUT2D eigenvalue weighted by atomic mass is 79.9. The highest BCUT2D eigenvalue weighted by Crippen LogP contribution is 2.34. The first kappa shape index (κ1) is 12.0. The maximum atomic E-state index is 13.3. The van der Waals surface area contributed by atoms with Crippen LogP contribution in [0.5, 0.6) is 0 Å². The van der Waals surface area contributed by atoms with Crippen molar-refractivity contribution in [2.24, 2.45) is 10.9 Å². The number of benzene rings is 1. The Morgan fingerprint density at radius 2 is 1.93 bits per heavy atom. The molecule has 0 aliphatic heterocycles. The van der Waals surface area contributed by atoms with E-state index in [4.69, 9.17) is 5.84 Å². The first-order valence-electron chi connectivity index (χ1n) is 3.66. The van der Waals surface area contributed by atoms with E-state index in [0.717, 1.165) is 12.3 Å². The van der Waals surface area contributed by atoms with Gasteiger partial charge in [0.15, 0.2) is 0 Å². The Kier molecular flexibility index (Phi) is 3.33. The SMILES string of the molecule is NN=Cc1c(Br)ccc(C(F)(F)F)c1F. The second-order valence-electron chi connectivity index (χ2n) is 2.60. The monoisotopic (exact) mass is 284 g/mol.